The quantitative estimate of drug-likeness (QED) is 0.333. The number of alkyl halides is 3. The number of rotatable bonds is 10. The summed E-state index contributed by atoms with van der Waals surface area (Å²) in [4.78, 5) is 44.2. The summed E-state index contributed by atoms with van der Waals surface area (Å²) in [5.41, 5.74) is 7.98. The highest BCUT2D eigenvalue weighted by Gasteiger charge is 2.38. The Bertz CT molecular complexity index is 1430. The van der Waals surface area contributed by atoms with E-state index in [-0.39, 0.29) is 6.42 Å². The number of hydrogen-bond donors (Lipinski definition) is 3. The largest absolute Gasteiger partial charge is 0.495 e. The second kappa shape index (κ2) is 12.7. The lowest BCUT2D eigenvalue weighted by Gasteiger charge is -2.26. The minimum atomic E-state index is -4.45. The molecule has 0 spiro atoms. The summed E-state index contributed by atoms with van der Waals surface area (Å²) in [7, 11) is 1.45. The maximum atomic E-state index is 13.7. The lowest BCUT2D eigenvalue weighted by Crippen LogP contribution is -2.47. The molecule has 3 amide bonds. The van der Waals surface area contributed by atoms with E-state index in [1.165, 1.54) is 7.11 Å². The number of benzodiazepines with no additional fused rings is 1. The number of methoxy groups -OCH3 is 1. The molecule has 4 rings (SSSR count). The number of carbonyl (C=O) groups excluding carboxylic acids is 3. The molecule has 1 heterocycles. The van der Waals surface area contributed by atoms with Gasteiger partial charge in [0.2, 0.25) is 18.0 Å². The number of aliphatic imine (C=N–C) groups is 1. The number of halogens is 3. The van der Waals surface area contributed by atoms with Crippen LogP contribution >= 0.6 is 0 Å². The fourth-order valence-corrected chi connectivity index (χ4v) is 4.87. The van der Waals surface area contributed by atoms with Gasteiger partial charge in [0, 0.05) is 17.5 Å². The van der Waals surface area contributed by atoms with E-state index in [0.29, 0.717) is 33.8 Å². The van der Waals surface area contributed by atoms with Gasteiger partial charge < -0.3 is 21.1 Å². The molecular formula is C30H29F3N4O4. The molecule has 0 radical (unpaired) electrons. The van der Waals surface area contributed by atoms with Crippen molar-refractivity contribution in [3.05, 3.63) is 95.6 Å². The standard InChI is InChI=1S/C30H29F3N4O4/c1-41-22-16-8-14-21-24(19-12-6-3-7-13-19)35-27(29(40)36-25(21)22)37-28(39)20(15-9-17-30(31,32)33)23(26(34)38)18-10-4-2-5-11-18/h2-8,10-14,16,20,23,27H,9,15,17H2,1H3,(H2,34,38)(H,36,40)(H,37,39)/t20-,23?,27-/m1/s1. The molecule has 0 aliphatic carbocycles. The molecule has 0 saturated heterocycles. The van der Waals surface area contributed by atoms with Crippen LogP contribution in [0, 0.1) is 5.92 Å². The Morgan fingerprint density at radius 2 is 1.68 bits per heavy atom. The summed E-state index contributed by atoms with van der Waals surface area (Å²) in [5.74, 6) is -4.55. The summed E-state index contributed by atoms with van der Waals surface area (Å²) < 4.78 is 44.4. The number of hydrogen-bond acceptors (Lipinski definition) is 5. The molecule has 1 aliphatic rings. The second-order valence-corrected chi connectivity index (χ2v) is 9.53. The first-order valence-electron chi connectivity index (χ1n) is 12.9. The Balaban J connectivity index is 1.72. The third-order valence-corrected chi connectivity index (χ3v) is 6.76. The van der Waals surface area contributed by atoms with Gasteiger partial charge in [-0.3, -0.25) is 14.4 Å². The summed E-state index contributed by atoms with van der Waals surface area (Å²) in [6.07, 6.45) is -7.78. The van der Waals surface area contributed by atoms with Gasteiger partial charge in [0.15, 0.2) is 0 Å². The fourth-order valence-electron chi connectivity index (χ4n) is 4.87. The molecule has 1 aliphatic heterocycles. The first kappa shape index (κ1) is 29.3. The highest BCUT2D eigenvalue weighted by molar-refractivity contribution is 6.20. The molecule has 1 unspecified atom stereocenters. The normalized spacial score (nSPS) is 16.3. The monoisotopic (exact) mass is 566 g/mol. The topological polar surface area (TPSA) is 123 Å². The van der Waals surface area contributed by atoms with Gasteiger partial charge in [-0.1, -0.05) is 72.8 Å². The smallest absolute Gasteiger partial charge is 0.389 e. The van der Waals surface area contributed by atoms with Crippen molar-refractivity contribution in [2.24, 2.45) is 16.6 Å². The van der Waals surface area contributed by atoms with E-state index in [2.05, 4.69) is 15.6 Å². The third kappa shape index (κ3) is 7.10. The SMILES string of the molecule is COc1cccc2c1NC(=O)[C@@H](NC(=O)[C@H](CCCC(F)(F)F)C(C(N)=O)c1ccccc1)N=C2c1ccccc1. The Hall–Kier alpha value is -4.67. The van der Waals surface area contributed by atoms with Crippen molar-refractivity contribution in [3.63, 3.8) is 0 Å². The van der Waals surface area contributed by atoms with Crippen LogP contribution in [0.5, 0.6) is 5.75 Å². The maximum absolute atomic E-state index is 13.7. The summed E-state index contributed by atoms with van der Waals surface area (Å²) in [5, 5.41) is 5.31. The highest BCUT2D eigenvalue weighted by Crippen LogP contribution is 2.34. The van der Waals surface area contributed by atoms with Crippen molar-refractivity contribution in [1.82, 2.24) is 5.32 Å². The predicted octanol–water partition coefficient (Wildman–Crippen LogP) is 4.54. The lowest BCUT2D eigenvalue weighted by molar-refractivity contribution is -0.139. The van der Waals surface area contributed by atoms with Gasteiger partial charge in [0.1, 0.15) is 5.75 Å². The van der Waals surface area contributed by atoms with E-state index in [0.717, 1.165) is 0 Å². The molecule has 3 aromatic rings. The van der Waals surface area contributed by atoms with E-state index in [1.54, 1.807) is 72.8 Å². The number of fused-ring (bicyclic) bond motifs is 1. The molecule has 3 atom stereocenters. The Labute approximate surface area is 234 Å². The van der Waals surface area contributed by atoms with Crippen LogP contribution in [0.1, 0.15) is 41.9 Å². The Morgan fingerprint density at radius 3 is 2.29 bits per heavy atom. The molecule has 41 heavy (non-hydrogen) atoms. The van der Waals surface area contributed by atoms with E-state index in [4.69, 9.17) is 10.5 Å². The molecule has 0 bridgehead atoms. The number of anilines is 1. The summed E-state index contributed by atoms with van der Waals surface area (Å²) in [6.45, 7) is 0. The molecule has 214 valence electrons. The van der Waals surface area contributed by atoms with Crippen LogP contribution in [-0.2, 0) is 14.4 Å². The number of para-hydroxylation sites is 1. The number of benzene rings is 3. The fraction of sp³-hybridized carbons (Fsp3) is 0.267. The van der Waals surface area contributed by atoms with E-state index >= 15 is 0 Å². The minimum Gasteiger partial charge on any atom is -0.495 e. The van der Waals surface area contributed by atoms with Crippen LogP contribution in [-0.4, -0.2) is 42.9 Å². The van der Waals surface area contributed by atoms with Crippen molar-refractivity contribution in [3.8, 4) is 5.75 Å². The molecule has 4 N–H and O–H groups in total. The van der Waals surface area contributed by atoms with Crippen molar-refractivity contribution in [1.29, 1.82) is 0 Å². The Morgan fingerprint density at radius 1 is 1.02 bits per heavy atom. The van der Waals surface area contributed by atoms with Gasteiger partial charge in [0.05, 0.1) is 30.3 Å². The van der Waals surface area contributed by atoms with Crippen LogP contribution in [0.2, 0.25) is 0 Å². The van der Waals surface area contributed by atoms with Gasteiger partial charge in [-0.2, -0.15) is 13.2 Å². The van der Waals surface area contributed by atoms with Crippen molar-refractivity contribution in [2.75, 3.05) is 12.4 Å². The van der Waals surface area contributed by atoms with Crippen molar-refractivity contribution < 1.29 is 32.3 Å². The van der Waals surface area contributed by atoms with Crippen LogP contribution < -0.4 is 21.1 Å². The number of nitrogens with one attached hydrogen (secondary N) is 2. The van der Waals surface area contributed by atoms with Crippen molar-refractivity contribution in [2.45, 2.75) is 37.5 Å². The van der Waals surface area contributed by atoms with E-state index in [1.807, 2.05) is 6.07 Å². The zero-order valence-electron chi connectivity index (χ0n) is 22.2. The number of nitrogens with two attached hydrogens (primary N) is 1. The zero-order valence-corrected chi connectivity index (χ0v) is 22.2. The molecule has 0 fully saturated rings. The number of carbonyl (C=O) groups is 3. The first-order chi connectivity index (χ1) is 19.6. The van der Waals surface area contributed by atoms with E-state index in [9.17, 15) is 27.6 Å². The average molecular weight is 567 g/mol. The Kier molecular flexibility index (Phi) is 9.06. The van der Waals surface area contributed by atoms with Gasteiger partial charge in [0.25, 0.3) is 5.91 Å². The molecule has 0 saturated carbocycles. The summed E-state index contributed by atoms with van der Waals surface area (Å²) in [6, 6.07) is 22.2. The minimum absolute atomic E-state index is 0.300. The van der Waals surface area contributed by atoms with Crippen LogP contribution in [0.25, 0.3) is 0 Å². The average Bonchev–Trinajstić information content (AvgIpc) is 3.08. The molecule has 8 nitrogen and oxygen atoms in total. The highest BCUT2D eigenvalue weighted by atomic mass is 19.4. The number of ether oxygens (including phenoxy) is 1. The molecule has 0 aromatic heterocycles. The predicted molar refractivity (Wildman–Crippen MR) is 147 cm³/mol. The molecule has 11 heteroatoms. The third-order valence-electron chi connectivity index (χ3n) is 6.76. The van der Waals surface area contributed by atoms with Crippen LogP contribution in [0.4, 0.5) is 18.9 Å². The summed E-state index contributed by atoms with van der Waals surface area (Å²) >= 11 is 0. The number of amides is 3. The zero-order chi connectivity index (χ0) is 29.6. The van der Waals surface area contributed by atoms with Gasteiger partial charge in [-0.15, -0.1) is 0 Å². The lowest BCUT2D eigenvalue weighted by atomic mass is 9.81. The number of nitrogens with zero attached hydrogens (tertiary/aromatic N) is 1. The second-order valence-electron chi connectivity index (χ2n) is 9.53. The van der Waals surface area contributed by atoms with Crippen molar-refractivity contribution >= 4 is 29.1 Å². The van der Waals surface area contributed by atoms with Crippen LogP contribution in [0.15, 0.2) is 83.9 Å². The van der Waals surface area contributed by atoms with E-state index < -0.39 is 54.7 Å². The molecule has 3 aromatic carbocycles. The molecular weight excluding hydrogens is 537 g/mol. The van der Waals surface area contributed by atoms with Gasteiger partial charge >= 0.3 is 6.18 Å². The van der Waals surface area contributed by atoms with Gasteiger partial charge in [-0.25, -0.2) is 4.99 Å². The van der Waals surface area contributed by atoms with Gasteiger partial charge in [-0.05, 0) is 24.5 Å². The maximum Gasteiger partial charge on any atom is 0.389 e. The van der Waals surface area contributed by atoms with Crippen LogP contribution in [0.3, 0.4) is 0 Å². The first-order valence-corrected chi connectivity index (χ1v) is 12.9. The number of primary amides is 1.